The summed E-state index contributed by atoms with van der Waals surface area (Å²) in [5.41, 5.74) is 0. The summed E-state index contributed by atoms with van der Waals surface area (Å²) in [4.78, 5) is 6.90. The first-order valence-corrected chi connectivity index (χ1v) is 5.08. The number of unbranched alkanes of at least 4 members (excludes halogenated alkanes) is 1. The first-order chi connectivity index (χ1) is 6.06. The van der Waals surface area contributed by atoms with E-state index in [1.807, 2.05) is 0 Å². The Bertz CT molecular complexity index is 103. The summed E-state index contributed by atoms with van der Waals surface area (Å²) >= 11 is 0. The molecule has 0 fully saturated rings. The lowest BCUT2D eigenvalue weighted by atomic mass is 10.3. The maximum Gasteiger partial charge on any atom is 0.0512 e. The van der Waals surface area contributed by atoms with Crippen molar-refractivity contribution in [3.63, 3.8) is 0 Å². The van der Waals surface area contributed by atoms with Crippen LogP contribution in [0.2, 0.25) is 0 Å². The van der Waals surface area contributed by atoms with E-state index >= 15 is 0 Å². The highest BCUT2D eigenvalue weighted by molar-refractivity contribution is 4.54. The van der Waals surface area contributed by atoms with Crippen LogP contribution in [-0.4, -0.2) is 62.8 Å². The van der Waals surface area contributed by atoms with Crippen molar-refractivity contribution in [2.24, 2.45) is 0 Å². The second-order valence-corrected chi connectivity index (χ2v) is 4.19. The van der Waals surface area contributed by atoms with E-state index in [-0.39, 0.29) is 0 Å². The van der Waals surface area contributed by atoms with Crippen molar-refractivity contribution in [3.8, 4) is 0 Å². The molecule has 13 heavy (non-hydrogen) atoms. The van der Waals surface area contributed by atoms with Gasteiger partial charge in [-0.2, -0.15) is 0 Å². The molecule has 3 nitrogen and oxygen atoms in total. The molecule has 80 valence electrons. The van der Waals surface area contributed by atoms with E-state index in [4.69, 9.17) is 0 Å². The minimum Gasteiger partial charge on any atom is -0.297 e. The third-order valence-electron chi connectivity index (χ3n) is 1.79. The molecule has 0 aromatic carbocycles. The average Bonchev–Trinajstić information content (AvgIpc) is 1.98. The number of rotatable bonds is 7. The van der Waals surface area contributed by atoms with Gasteiger partial charge in [0.15, 0.2) is 0 Å². The van der Waals surface area contributed by atoms with E-state index in [9.17, 15) is 0 Å². The molecule has 0 aromatic heterocycles. The molecule has 0 aliphatic rings. The maximum absolute atomic E-state index is 2.46. The molecule has 0 aliphatic carbocycles. The van der Waals surface area contributed by atoms with Gasteiger partial charge in [0.2, 0.25) is 0 Å². The summed E-state index contributed by atoms with van der Waals surface area (Å²) in [5, 5.41) is 0. The van der Waals surface area contributed by atoms with Gasteiger partial charge in [0.1, 0.15) is 0 Å². The maximum atomic E-state index is 2.46. The first kappa shape index (κ1) is 12.9. The lowest BCUT2D eigenvalue weighted by Gasteiger charge is -2.28. The van der Waals surface area contributed by atoms with Crippen LogP contribution in [0.4, 0.5) is 0 Å². The molecule has 0 aromatic rings. The summed E-state index contributed by atoms with van der Waals surface area (Å²) in [6.45, 7) is 5.55. The van der Waals surface area contributed by atoms with Gasteiger partial charge >= 0.3 is 0 Å². The molecule has 0 amide bonds. The molecule has 0 bridgehead atoms. The van der Waals surface area contributed by atoms with Crippen LogP contribution in [0.5, 0.6) is 0 Å². The first-order valence-electron chi connectivity index (χ1n) is 5.08. The predicted molar refractivity (Wildman–Crippen MR) is 58.7 cm³/mol. The van der Waals surface area contributed by atoms with Crippen molar-refractivity contribution in [2.75, 3.05) is 48.1 Å². The fourth-order valence-electron chi connectivity index (χ4n) is 1.37. The van der Waals surface area contributed by atoms with Crippen molar-refractivity contribution < 1.29 is 0 Å². The van der Waals surface area contributed by atoms with Gasteiger partial charge in [-0.25, -0.2) is 0 Å². The fourth-order valence-corrected chi connectivity index (χ4v) is 1.37. The normalized spacial score (nSPS) is 12.0. The molecule has 0 spiro atoms. The zero-order valence-corrected chi connectivity index (χ0v) is 9.88. The SMILES string of the molecule is CCCCN(CN(C)C)CN(C)C. The highest BCUT2D eigenvalue weighted by atomic mass is 15.4. The minimum atomic E-state index is 1.05. The fraction of sp³-hybridized carbons (Fsp3) is 1.00. The number of nitrogens with zero attached hydrogens (tertiary/aromatic N) is 3. The van der Waals surface area contributed by atoms with Crippen molar-refractivity contribution in [1.29, 1.82) is 0 Å². The quantitative estimate of drug-likeness (QED) is 0.553. The molecule has 0 saturated carbocycles. The van der Waals surface area contributed by atoms with Crippen molar-refractivity contribution in [1.82, 2.24) is 14.7 Å². The van der Waals surface area contributed by atoms with E-state index in [1.54, 1.807) is 0 Å². The zero-order valence-electron chi connectivity index (χ0n) is 9.88. The van der Waals surface area contributed by atoms with Crippen LogP contribution < -0.4 is 0 Å². The Morgan fingerprint density at radius 2 is 1.31 bits per heavy atom. The van der Waals surface area contributed by atoms with E-state index in [0.717, 1.165) is 13.3 Å². The molecule has 0 saturated heterocycles. The van der Waals surface area contributed by atoms with Gasteiger partial charge in [-0.05, 0) is 34.6 Å². The minimum absolute atomic E-state index is 1.05. The summed E-state index contributed by atoms with van der Waals surface area (Å²) in [6, 6.07) is 0. The molecule has 0 rings (SSSR count). The molecule has 0 atom stereocenters. The lowest BCUT2D eigenvalue weighted by Crippen LogP contribution is -2.40. The summed E-state index contributed by atoms with van der Waals surface area (Å²) < 4.78 is 0. The molecule has 0 heterocycles. The number of hydrogen-bond donors (Lipinski definition) is 0. The zero-order chi connectivity index (χ0) is 10.3. The van der Waals surface area contributed by atoms with Crippen LogP contribution in [-0.2, 0) is 0 Å². The Balaban J connectivity index is 3.73. The van der Waals surface area contributed by atoms with Gasteiger partial charge in [-0.3, -0.25) is 14.7 Å². The van der Waals surface area contributed by atoms with Crippen LogP contribution >= 0.6 is 0 Å². The molecular formula is C10H25N3. The van der Waals surface area contributed by atoms with Gasteiger partial charge in [0.25, 0.3) is 0 Å². The molecule has 0 N–H and O–H groups in total. The highest BCUT2D eigenvalue weighted by Crippen LogP contribution is 1.96. The Morgan fingerprint density at radius 1 is 0.846 bits per heavy atom. The standard InChI is InChI=1S/C10H25N3/c1-6-7-8-13(9-11(2)3)10-12(4)5/h6-10H2,1-5H3. The summed E-state index contributed by atoms with van der Waals surface area (Å²) in [5.74, 6) is 0. The number of hydrogen-bond acceptors (Lipinski definition) is 3. The van der Waals surface area contributed by atoms with Gasteiger partial charge in [0.05, 0.1) is 13.3 Å². The second-order valence-electron chi connectivity index (χ2n) is 4.19. The van der Waals surface area contributed by atoms with Crippen LogP contribution in [0.25, 0.3) is 0 Å². The monoisotopic (exact) mass is 187 g/mol. The van der Waals surface area contributed by atoms with Crippen LogP contribution in [0.1, 0.15) is 19.8 Å². The summed E-state index contributed by atoms with van der Waals surface area (Å²) in [7, 11) is 8.48. The summed E-state index contributed by atoms with van der Waals surface area (Å²) in [6.07, 6.45) is 2.57. The third-order valence-corrected chi connectivity index (χ3v) is 1.79. The molecule has 0 radical (unpaired) electrons. The van der Waals surface area contributed by atoms with Gasteiger partial charge in [-0.15, -0.1) is 0 Å². The second kappa shape index (κ2) is 7.30. The highest BCUT2D eigenvalue weighted by Gasteiger charge is 2.05. The topological polar surface area (TPSA) is 9.72 Å². The lowest BCUT2D eigenvalue weighted by molar-refractivity contribution is 0.117. The smallest absolute Gasteiger partial charge is 0.0512 e. The average molecular weight is 187 g/mol. The molecular weight excluding hydrogens is 162 g/mol. The van der Waals surface area contributed by atoms with Crippen molar-refractivity contribution in [2.45, 2.75) is 19.8 Å². The van der Waals surface area contributed by atoms with Crippen LogP contribution in [0, 0.1) is 0 Å². The third kappa shape index (κ3) is 8.22. The Labute approximate surface area is 83.3 Å². The Hall–Kier alpha value is -0.120. The van der Waals surface area contributed by atoms with Crippen molar-refractivity contribution >= 4 is 0 Å². The van der Waals surface area contributed by atoms with Gasteiger partial charge in [0, 0.05) is 6.54 Å². The Kier molecular flexibility index (Phi) is 7.23. The van der Waals surface area contributed by atoms with E-state index in [0.29, 0.717) is 0 Å². The Morgan fingerprint density at radius 3 is 1.62 bits per heavy atom. The molecule has 0 unspecified atom stereocenters. The van der Waals surface area contributed by atoms with E-state index in [1.165, 1.54) is 19.4 Å². The van der Waals surface area contributed by atoms with Crippen molar-refractivity contribution in [3.05, 3.63) is 0 Å². The van der Waals surface area contributed by atoms with Gasteiger partial charge in [-0.1, -0.05) is 13.3 Å². The van der Waals surface area contributed by atoms with Crippen LogP contribution in [0.3, 0.4) is 0 Å². The van der Waals surface area contributed by atoms with E-state index in [2.05, 4.69) is 49.8 Å². The van der Waals surface area contributed by atoms with Gasteiger partial charge < -0.3 is 0 Å². The largest absolute Gasteiger partial charge is 0.297 e. The van der Waals surface area contributed by atoms with Crippen LogP contribution in [0.15, 0.2) is 0 Å². The van der Waals surface area contributed by atoms with E-state index < -0.39 is 0 Å². The predicted octanol–water partition coefficient (Wildman–Crippen LogP) is 1.13. The molecule has 3 heteroatoms. The molecule has 0 aliphatic heterocycles.